The summed E-state index contributed by atoms with van der Waals surface area (Å²) in [5, 5.41) is 0. The fourth-order valence-corrected chi connectivity index (χ4v) is 1.83. The van der Waals surface area contributed by atoms with E-state index in [0.29, 0.717) is 16.1 Å². The molecule has 0 aliphatic carbocycles. The minimum Gasteiger partial charge on any atom is -0.436 e. The van der Waals surface area contributed by atoms with Crippen molar-refractivity contribution in [3.8, 4) is 11.6 Å². The Kier molecular flexibility index (Phi) is 4.51. The number of hydrazine groups is 1. The van der Waals surface area contributed by atoms with Crippen LogP contribution in [0.25, 0.3) is 0 Å². The van der Waals surface area contributed by atoms with Crippen molar-refractivity contribution in [2.75, 3.05) is 5.43 Å². The lowest BCUT2D eigenvalue weighted by Gasteiger charge is -2.11. The van der Waals surface area contributed by atoms with Gasteiger partial charge in [0.25, 0.3) is 0 Å². The van der Waals surface area contributed by atoms with E-state index in [1.54, 1.807) is 6.07 Å². The number of nitrogens with two attached hydrogens (primary N) is 1. The monoisotopic (exact) mass is 340 g/mol. The second-order valence-electron chi connectivity index (χ2n) is 4.43. The van der Waals surface area contributed by atoms with Gasteiger partial charge in [-0.1, -0.05) is 29.8 Å². The van der Waals surface area contributed by atoms with Crippen molar-refractivity contribution in [2.24, 2.45) is 5.84 Å². The maximum absolute atomic E-state index is 13.7. The zero-order chi connectivity index (χ0) is 14.7. The first-order chi connectivity index (χ1) is 9.49. The molecule has 106 valence electrons. The number of hydrogen-bond acceptors (Lipinski definition) is 5. The van der Waals surface area contributed by atoms with Crippen LogP contribution >= 0.6 is 15.9 Å². The Morgan fingerprint density at radius 2 is 2.05 bits per heavy atom. The molecular weight excluding hydrogens is 327 g/mol. The topological polar surface area (TPSA) is 73.1 Å². The molecule has 0 amide bonds. The Bertz CT molecular complexity index is 621. The summed E-state index contributed by atoms with van der Waals surface area (Å²) in [6.45, 7) is 3.89. The second kappa shape index (κ2) is 6.15. The second-order valence-corrected chi connectivity index (χ2v) is 5.34. The zero-order valence-corrected chi connectivity index (χ0v) is 12.6. The van der Waals surface area contributed by atoms with Gasteiger partial charge in [0.05, 0.1) is 0 Å². The van der Waals surface area contributed by atoms with E-state index >= 15 is 0 Å². The number of nitrogens with one attached hydrogen (secondary N) is 1. The molecular formula is C13H14BrFN4O. The molecule has 0 radical (unpaired) electrons. The molecule has 1 aromatic carbocycles. The zero-order valence-electron chi connectivity index (χ0n) is 11.0. The lowest BCUT2D eigenvalue weighted by molar-refractivity contribution is 0.423. The minimum absolute atomic E-state index is 0.0876. The van der Waals surface area contributed by atoms with Gasteiger partial charge in [-0.15, -0.1) is 0 Å². The summed E-state index contributed by atoms with van der Waals surface area (Å²) in [6.07, 6.45) is 0. The molecule has 0 saturated carbocycles. The molecule has 20 heavy (non-hydrogen) atoms. The SMILES string of the molecule is CC(C)c1nc(NN)cc(Oc2ccc(Br)cc2F)n1. The molecule has 0 spiro atoms. The van der Waals surface area contributed by atoms with Crippen LogP contribution in [0.2, 0.25) is 0 Å². The van der Waals surface area contributed by atoms with Gasteiger partial charge in [0.15, 0.2) is 11.6 Å². The van der Waals surface area contributed by atoms with Crippen LogP contribution in [0.3, 0.4) is 0 Å². The quantitative estimate of drug-likeness (QED) is 0.657. The molecule has 0 atom stereocenters. The molecule has 0 fully saturated rings. The van der Waals surface area contributed by atoms with Crippen molar-refractivity contribution in [3.05, 3.63) is 40.4 Å². The highest BCUT2D eigenvalue weighted by atomic mass is 79.9. The highest BCUT2D eigenvalue weighted by molar-refractivity contribution is 9.10. The van der Waals surface area contributed by atoms with Crippen LogP contribution in [0.1, 0.15) is 25.6 Å². The average molecular weight is 341 g/mol. The van der Waals surface area contributed by atoms with Gasteiger partial charge in [0.2, 0.25) is 5.88 Å². The number of rotatable bonds is 4. The summed E-state index contributed by atoms with van der Waals surface area (Å²) in [6, 6.07) is 6.03. The van der Waals surface area contributed by atoms with Crippen LogP contribution in [-0.4, -0.2) is 9.97 Å². The third kappa shape index (κ3) is 3.43. The number of anilines is 1. The van der Waals surface area contributed by atoms with Crippen LogP contribution < -0.4 is 16.0 Å². The Hall–Kier alpha value is -1.73. The highest BCUT2D eigenvalue weighted by Crippen LogP contribution is 2.27. The first-order valence-electron chi connectivity index (χ1n) is 5.98. The minimum atomic E-state index is -0.480. The Labute approximate surface area is 124 Å². The summed E-state index contributed by atoms with van der Waals surface area (Å²) >= 11 is 3.19. The van der Waals surface area contributed by atoms with Gasteiger partial charge in [-0.3, -0.25) is 0 Å². The van der Waals surface area contributed by atoms with Crippen molar-refractivity contribution < 1.29 is 9.13 Å². The predicted octanol–water partition coefficient (Wildman–Crippen LogP) is 3.58. The van der Waals surface area contributed by atoms with E-state index in [9.17, 15) is 4.39 Å². The van der Waals surface area contributed by atoms with Gasteiger partial charge in [-0.2, -0.15) is 4.98 Å². The molecule has 0 aliphatic rings. The fraction of sp³-hybridized carbons (Fsp3) is 0.231. The van der Waals surface area contributed by atoms with Gasteiger partial charge < -0.3 is 10.2 Å². The summed E-state index contributed by atoms with van der Waals surface area (Å²) in [5.41, 5.74) is 2.44. The summed E-state index contributed by atoms with van der Waals surface area (Å²) < 4.78 is 19.8. The van der Waals surface area contributed by atoms with Crippen LogP contribution in [0, 0.1) is 5.82 Å². The van der Waals surface area contributed by atoms with E-state index in [4.69, 9.17) is 10.6 Å². The maximum Gasteiger partial charge on any atom is 0.224 e. The van der Waals surface area contributed by atoms with Crippen LogP contribution in [0.15, 0.2) is 28.7 Å². The Balaban J connectivity index is 2.34. The molecule has 0 saturated heterocycles. The number of benzene rings is 1. The van der Waals surface area contributed by atoms with Gasteiger partial charge in [-0.05, 0) is 18.2 Å². The molecule has 3 N–H and O–H groups in total. The van der Waals surface area contributed by atoms with Crippen LogP contribution in [0.5, 0.6) is 11.6 Å². The van der Waals surface area contributed by atoms with E-state index in [2.05, 4.69) is 31.3 Å². The standard InChI is InChI=1S/C13H14BrFN4O/c1-7(2)13-17-11(19-16)6-12(18-13)20-10-4-3-8(14)5-9(10)15/h3-7H,16H2,1-2H3,(H,17,18,19). The van der Waals surface area contributed by atoms with Crippen molar-refractivity contribution in [2.45, 2.75) is 19.8 Å². The van der Waals surface area contributed by atoms with Crippen LogP contribution in [0.4, 0.5) is 10.2 Å². The normalized spacial score (nSPS) is 10.7. The van der Waals surface area contributed by atoms with E-state index in [1.165, 1.54) is 18.2 Å². The first kappa shape index (κ1) is 14.7. The van der Waals surface area contributed by atoms with Gasteiger partial charge >= 0.3 is 0 Å². The van der Waals surface area contributed by atoms with Crippen molar-refractivity contribution in [1.82, 2.24) is 9.97 Å². The average Bonchev–Trinajstić information content (AvgIpc) is 2.41. The van der Waals surface area contributed by atoms with Crippen molar-refractivity contribution >= 4 is 21.7 Å². The van der Waals surface area contributed by atoms with Gasteiger partial charge in [0, 0.05) is 16.5 Å². The molecule has 1 heterocycles. The van der Waals surface area contributed by atoms with Crippen LogP contribution in [-0.2, 0) is 0 Å². The lowest BCUT2D eigenvalue weighted by Crippen LogP contribution is -2.11. The number of nitrogen functional groups attached to an aromatic ring is 1. The number of hydrogen-bond donors (Lipinski definition) is 2. The molecule has 0 aliphatic heterocycles. The van der Waals surface area contributed by atoms with Crippen molar-refractivity contribution in [1.29, 1.82) is 0 Å². The van der Waals surface area contributed by atoms with Crippen molar-refractivity contribution in [3.63, 3.8) is 0 Å². The Morgan fingerprint density at radius 1 is 1.30 bits per heavy atom. The third-order valence-corrected chi connectivity index (χ3v) is 2.99. The molecule has 5 nitrogen and oxygen atoms in total. The number of nitrogens with zero attached hydrogens (tertiary/aromatic N) is 2. The molecule has 7 heteroatoms. The molecule has 2 rings (SSSR count). The number of ether oxygens (including phenoxy) is 1. The Morgan fingerprint density at radius 3 is 2.65 bits per heavy atom. The summed E-state index contributed by atoms with van der Waals surface area (Å²) in [7, 11) is 0. The van der Waals surface area contributed by atoms with E-state index in [0.717, 1.165) is 0 Å². The first-order valence-corrected chi connectivity index (χ1v) is 6.77. The largest absolute Gasteiger partial charge is 0.436 e. The van der Waals surface area contributed by atoms with E-state index < -0.39 is 5.82 Å². The van der Waals surface area contributed by atoms with Gasteiger partial charge in [0.1, 0.15) is 11.6 Å². The number of halogens is 2. The molecule has 1 aromatic heterocycles. The fourth-order valence-electron chi connectivity index (χ4n) is 1.50. The lowest BCUT2D eigenvalue weighted by atomic mass is 10.2. The highest BCUT2D eigenvalue weighted by Gasteiger charge is 2.11. The van der Waals surface area contributed by atoms with Gasteiger partial charge in [-0.25, -0.2) is 15.2 Å². The smallest absolute Gasteiger partial charge is 0.224 e. The maximum atomic E-state index is 13.7. The van der Waals surface area contributed by atoms with E-state index in [1.807, 2.05) is 13.8 Å². The van der Waals surface area contributed by atoms with E-state index in [-0.39, 0.29) is 17.5 Å². The molecule has 0 unspecified atom stereocenters. The predicted molar refractivity (Wildman–Crippen MR) is 78.1 cm³/mol. The number of aromatic nitrogens is 2. The molecule has 0 bridgehead atoms. The summed E-state index contributed by atoms with van der Waals surface area (Å²) in [4.78, 5) is 8.43. The third-order valence-electron chi connectivity index (χ3n) is 2.49. The molecule has 2 aromatic rings. The summed E-state index contributed by atoms with van der Waals surface area (Å²) in [5.74, 6) is 6.27.